The molecule has 0 spiro atoms. The number of aryl methyl sites for hydroxylation is 1. The van der Waals surface area contributed by atoms with Gasteiger partial charge in [0, 0.05) is 12.0 Å². The van der Waals surface area contributed by atoms with Gasteiger partial charge in [-0.05, 0) is 30.7 Å². The van der Waals surface area contributed by atoms with Crippen molar-refractivity contribution in [2.75, 3.05) is 0 Å². The van der Waals surface area contributed by atoms with Gasteiger partial charge in [0.05, 0.1) is 5.71 Å². The molecule has 4 nitrogen and oxygen atoms in total. The lowest BCUT2D eigenvalue weighted by molar-refractivity contribution is -0.148. The van der Waals surface area contributed by atoms with Gasteiger partial charge in [0.25, 0.3) is 0 Å². The lowest BCUT2D eigenvalue weighted by atomic mass is 10.0. The summed E-state index contributed by atoms with van der Waals surface area (Å²) in [6, 6.07) is 4.28. The minimum atomic E-state index is -1.04. The minimum Gasteiger partial charge on any atom is -0.478 e. The van der Waals surface area contributed by atoms with Gasteiger partial charge in [-0.15, -0.1) is 0 Å². The van der Waals surface area contributed by atoms with Crippen LogP contribution in [0.4, 0.5) is 4.39 Å². The lowest BCUT2D eigenvalue weighted by Crippen LogP contribution is -2.20. The van der Waals surface area contributed by atoms with Crippen molar-refractivity contribution in [3.8, 4) is 0 Å². The molecule has 1 aromatic rings. The number of hydrogen-bond acceptors (Lipinski definition) is 3. The van der Waals surface area contributed by atoms with E-state index in [2.05, 4.69) is 5.16 Å². The second-order valence-electron chi connectivity index (χ2n) is 3.63. The molecule has 0 aliphatic carbocycles. The summed E-state index contributed by atoms with van der Waals surface area (Å²) in [7, 11) is 0. The van der Waals surface area contributed by atoms with Crippen molar-refractivity contribution in [3.05, 3.63) is 35.1 Å². The van der Waals surface area contributed by atoms with E-state index in [1.165, 1.54) is 12.1 Å². The van der Waals surface area contributed by atoms with Gasteiger partial charge in [0.2, 0.25) is 6.10 Å². The van der Waals surface area contributed by atoms with Gasteiger partial charge in [-0.3, -0.25) is 0 Å². The molecule has 1 atom stereocenters. The number of nitrogens with zero attached hydrogens (tertiary/aromatic N) is 1. The first kappa shape index (κ1) is 10.6. The molecular formula is C11H10FNO3. The van der Waals surface area contributed by atoms with E-state index >= 15 is 0 Å². The van der Waals surface area contributed by atoms with Crippen molar-refractivity contribution in [2.24, 2.45) is 5.16 Å². The van der Waals surface area contributed by atoms with Crippen LogP contribution in [0.25, 0.3) is 0 Å². The molecule has 0 bridgehead atoms. The molecule has 0 amide bonds. The standard InChI is InChI=1S/C11H10FNO3/c1-6-4-7(12)2-3-8(6)9-5-10(11(14)15)16-13-9/h2-4,10H,5H2,1H3,(H,14,15). The van der Waals surface area contributed by atoms with E-state index in [9.17, 15) is 9.18 Å². The summed E-state index contributed by atoms with van der Waals surface area (Å²) in [5.74, 6) is -1.37. The SMILES string of the molecule is Cc1cc(F)ccc1C1=NOC(C(=O)O)C1. The van der Waals surface area contributed by atoms with Crippen LogP contribution in [-0.4, -0.2) is 22.9 Å². The van der Waals surface area contributed by atoms with Gasteiger partial charge in [0.15, 0.2) is 0 Å². The Morgan fingerprint density at radius 2 is 2.38 bits per heavy atom. The molecule has 84 valence electrons. The number of aliphatic carboxylic acids is 1. The maximum Gasteiger partial charge on any atom is 0.348 e. The number of carboxylic acid groups (broad SMARTS) is 1. The third kappa shape index (κ3) is 1.88. The van der Waals surface area contributed by atoms with E-state index in [0.717, 1.165) is 5.56 Å². The highest BCUT2D eigenvalue weighted by Crippen LogP contribution is 2.20. The van der Waals surface area contributed by atoms with E-state index in [1.54, 1.807) is 13.0 Å². The Morgan fingerprint density at radius 3 is 2.94 bits per heavy atom. The fourth-order valence-corrected chi connectivity index (χ4v) is 1.62. The third-order valence-electron chi connectivity index (χ3n) is 2.44. The first-order valence-electron chi connectivity index (χ1n) is 4.80. The van der Waals surface area contributed by atoms with Crippen LogP contribution < -0.4 is 0 Å². The molecule has 1 aromatic carbocycles. The molecule has 0 saturated heterocycles. The summed E-state index contributed by atoms with van der Waals surface area (Å²) in [4.78, 5) is 15.4. The second kappa shape index (κ2) is 3.92. The average Bonchev–Trinajstić information content (AvgIpc) is 2.66. The van der Waals surface area contributed by atoms with E-state index in [4.69, 9.17) is 9.94 Å². The molecule has 0 radical (unpaired) electrons. The Kier molecular flexibility index (Phi) is 2.60. The van der Waals surface area contributed by atoms with Crippen LogP contribution in [0.1, 0.15) is 17.5 Å². The molecule has 16 heavy (non-hydrogen) atoms. The molecule has 1 heterocycles. The third-order valence-corrected chi connectivity index (χ3v) is 2.44. The summed E-state index contributed by atoms with van der Waals surface area (Å²) in [6.45, 7) is 1.75. The predicted octanol–water partition coefficient (Wildman–Crippen LogP) is 1.71. The van der Waals surface area contributed by atoms with Crippen molar-refractivity contribution in [1.29, 1.82) is 0 Å². The molecule has 2 rings (SSSR count). The number of halogens is 1. The van der Waals surface area contributed by atoms with Gasteiger partial charge in [-0.1, -0.05) is 5.16 Å². The fourth-order valence-electron chi connectivity index (χ4n) is 1.62. The first-order chi connectivity index (χ1) is 7.58. The molecular weight excluding hydrogens is 213 g/mol. The average molecular weight is 223 g/mol. The highest BCUT2D eigenvalue weighted by Gasteiger charge is 2.28. The first-order valence-corrected chi connectivity index (χ1v) is 4.80. The number of benzene rings is 1. The number of hydrogen-bond donors (Lipinski definition) is 1. The second-order valence-corrected chi connectivity index (χ2v) is 3.63. The van der Waals surface area contributed by atoms with E-state index in [-0.39, 0.29) is 12.2 Å². The summed E-state index contributed by atoms with van der Waals surface area (Å²) in [6.07, 6.45) is -0.721. The zero-order valence-corrected chi connectivity index (χ0v) is 8.61. The van der Waals surface area contributed by atoms with E-state index < -0.39 is 12.1 Å². The highest BCUT2D eigenvalue weighted by atomic mass is 19.1. The Morgan fingerprint density at radius 1 is 1.62 bits per heavy atom. The molecule has 1 aliphatic heterocycles. The van der Waals surface area contributed by atoms with E-state index in [0.29, 0.717) is 11.3 Å². The molecule has 1 aliphatic rings. The van der Waals surface area contributed by atoms with Crippen molar-refractivity contribution in [3.63, 3.8) is 0 Å². The number of carbonyl (C=O) groups is 1. The van der Waals surface area contributed by atoms with Crippen LogP contribution in [0.2, 0.25) is 0 Å². The Balaban J connectivity index is 2.24. The van der Waals surface area contributed by atoms with Crippen molar-refractivity contribution < 1.29 is 19.1 Å². The number of rotatable bonds is 2. The van der Waals surface area contributed by atoms with Crippen LogP contribution in [0, 0.1) is 12.7 Å². The van der Waals surface area contributed by atoms with Gasteiger partial charge < -0.3 is 9.94 Å². The Bertz CT molecular complexity index is 470. The number of carboxylic acids is 1. The summed E-state index contributed by atoms with van der Waals surface area (Å²) in [5, 5.41) is 12.4. The summed E-state index contributed by atoms with van der Waals surface area (Å²) in [5.41, 5.74) is 1.99. The van der Waals surface area contributed by atoms with Crippen LogP contribution in [0.15, 0.2) is 23.4 Å². The predicted molar refractivity (Wildman–Crippen MR) is 54.8 cm³/mol. The van der Waals surface area contributed by atoms with Crippen molar-refractivity contribution >= 4 is 11.7 Å². The summed E-state index contributed by atoms with van der Waals surface area (Å²) >= 11 is 0. The van der Waals surface area contributed by atoms with Crippen LogP contribution in [0.5, 0.6) is 0 Å². The smallest absolute Gasteiger partial charge is 0.348 e. The zero-order chi connectivity index (χ0) is 11.7. The zero-order valence-electron chi connectivity index (χ0n) is 8.61. The number of oxime groups is 1. The van der Waals surface area contributed by atoms with Gasteiger partial charge in [-0.2, -0.15) is 0 Å². The fraction of sp³-hybridized carbons (Fsp3) is 0.273. The highest BCUT2D eigenvalue weighted by molar-refractivity contribution is 6.04. The molecule has 0 fully saturated rings. The molecule has 1 unspecified atom stereocenters. The van der Waals surface area contributed by atoms with Crippen LogP contribution in [-0.2, 0) is 9.63 Å². The van der Waals surface area contributed by atoms with Gasteiger partial charge in [0.1, 0.15) is 5.82 Å². The van der Waals surface area contributed by atoms with Gasteiger partial charge in [-0.25, -0.2) is 9.18 Å². The quantitative estimate of drug-likeness (QED) is 0.830. The topological polar surface area (TPSA) is 58.9 Å². The molecule has 0 saturated carbocycles. The maximum absolute atomic E-state index is 12.9. The molecule has 0 aromatic heterocycles. The Hall–Kier alpha value is -1.91. The van der Waals surface area contributed by atoms with Crippen molar-refractivity contribution in [1.82, 2.24) is 0 Å². The van der Waals surface area contributed by atoms with Crippen LogP contribution >= 0.6 is 0 Å². The minimum absolute atomic E-state index is 0.210. The monoisotopic (exact) mass is 223 g/mol. The summed E-state index contributed by atoms with van der Waals surface area (Å²) < 4.78 is 12.9. The van der Waals surface area contributed by atoms with Crippen molar-refractivity contribution in [2.45, 2.75) is 19.4 Å². The van der Waals surface area contributed by atoms with Gasteiger partial charge >= 0.3 is 5.97 Å². The molecule has 1 N–H and O–H groups in total. The maximum atomic E-state index is 12.9. The molecule has 5 heteroatoms. The van der Waals surface area contributed by atoms with Crippen LogP contribution in [0.3, 0.4) is 0 Å². The lowest BCUT2D eigenvalue weighted by Gasteiger charge is -2.03. The normalized spacial score (nSPS) is 19.1. The Labute approximate surface area is 91.3 Å². The van der Waals surface area contributed by atoms with E-state index in [1.807, 2.05) is 0 Å². The largest absolute Gasteiger partial charge is 0.478 e.